The maximum Gasteiger partial charge on any atom is 0.322 e. The van der Waals surface area contributed by atoms with Gasteiger partial charge < -0.3 is 26.0 Å². The summed E-state index contributed by atoms with van der Waals surface area (Å²) in [7, 11) is -4.04. The summed E-state index contributed by atoms with van der Waals surface area (Å²) in [5.41, 5.74) is 1.45. The van der Waals surface area contributed by atoms with E-state index >= 15 is 0 Å². The highest BCUT2D eigenvalue weighted by atomic mass is 32.2. The second-order valence-electron chi connectivity index (χ2n) is 7.77. The molecule has 0 radical (unpaired) electrons. The van der Waals surface area contributed by atoms with E-state index in [1.54, 1.807) is 18.5 Å². The van der Waals surface area contributed by atoms with Gasteiger partial charge >= 0.3 is 5.97 Å². The number of rotatable bonds is 11. The van der Waals surface area contributed by atoms with Crippen LogP contribution in [-0.2, 0) is 26.0 Å². The number of H-pyrrole nitrogens is 1. The first-order chi connectivity index (χ1) is 15.3. The van der Waals surface area contributed by atoms with E-state index < -0.39 is 34.5 Å². The van der Waals surface area contributed by atoms with Crippen molar-refractivity contribution in [3.63, 3.8) is 0 Å². The van der Waals surface area contributed by atoms with E-state index in [9.17, 15) is 18.0 Å². The molecule has 1 aromatic carbocycles. The molecule has 2 atom stereocenters. The van der Waals surface area contributed by atoms with Gasteiger partial charge in [-0.3, -0.25) is 9.59 Å². The molecular formula is C20H28N6O5S. The summed E-state index contributed by atoms with van der Waals surface area (Å²) < 4.78 is 28.8. The minimum Gasteiger partial charge on any atom is -0.480 e. The fourth-order valence-electron chi connectivity index (χ4n) is 3.55. The van der Waals surface area contributed by atoms with Crippen molar-refractivity contribution in [2.45, 2.75) is 37.1 Å². The molecule has 2 heterocycles. The summed E-state index contributed by atoms with van der Waals surface area (Å²) in [6.07, 6.45) is 4.61. The number of amides is 1. The molecule has 0 saturated heterocycles. The Bertz CT molecular complexity index is 1040. The van der Waals surface area contributed by atoms with Crippen molar-refractivity contribution in [2.75, 3.05) is 30.3 Å². The molecule has 0 aliphatic carbocycles. The molecule has 32 heavy (non-hydrogen) atoms. The van der Waals surface area contributed by atoms with Crippen molar-refractivity contribution < 1.29 is 23.1 Å². The van der Waals surface area contributed by atoms with Crippen LogP contribution in [0, 0.1) is 5.92 Å². The Balaban J connectivity index is 1.72. The van der Waals surface area contributed by atoms with Crippen LogP contribution >= 0.6 is 0 Å². The van der Waals surface area contributed by atoms with Crippen LogP contribution in [0.3, 0.4) is 0 Å². The Labute approximate surface area is 186 Å². The summed E-state index contributed by atoms with van der Waals surface area (Å²) in [5, 5.41) is 17.3. The molecule has 2 aromatic rings. The van der Waals surface area contributed by atoms with Gasteiger partial charge in [0.2, 0.25) is 15.9 Å². The first kappa shape index (κ1) is 23.5. The summed E-state index contributed by atoms with van der Waals surface area (Å²) in [6, 6.07) is 3.93. The lowest BCUT2D eigenvalue weighted by atomic mass is 9.96. The summed E-state index contributed by atoms with van der Waals surface area (Å²) in [6.45, 7) is 2.58. The van der Waals surface area contributed by atoms with Crippen molar-refractivity contribution in [1.82, 2.24) is 20.0 Å². The number of benzene rings is 1. The zero-order valence-electron chi connectivity index (χ0n) is 17.7. The first-order valence-corrected chi connectivity index (χ1v) is 11.9. The Morgan fingerprint density at radius 1 is 1.34 bits per heavy atom. The third-order valence-corrected chi connectivity index (χ3v) is 6.60. The number of hydrogen-bond donors (Lipinski definition) is 6. The molecule has 1 aromatic heterocycles. The van der Waals surface area contributed by atoms with Crippen LogP contribution in [-0.4, -0.2) is 61.0 Å². The number of hydrogen-bond acceptors (Lipinski definition) is 7. The third-order valence-electron chi connectivity index (χ3n) is 5.09. The van der Waals surface area contributed by atoms with Gasteiger partial charge in [-0.2, -0.15) is 4.72 Å². The van der Waals surface area contributed by atoms with Crippen LogP contribution in [0.4, 0.5) is 11.6 Å². The Morgan fingerprint density at radius 3 is 2.88 bits per heavy atom. The van der Waals surface area contributed by atoms with Gasteiger partial charge in [-0.05, 0) is 36.8 Å². The van der Waals surface area contributed by atoms with Gasteiger partial charge in [-0.15, -0.1) is 0 Å². The lowest BCUT2D eigenvalue weighted by Crippen LogP contribution is -2.48. The number of aromatic amines is 1. The number of carbonyl (C=O) groups is 2. The quantitative estimate of drug-likeness (QED) is 0.265. The standard InChI is InChI=1S/C20H28N6O5S/c1-13-10-14-4-2-6-16(18(14)24-11-13)32(30,31)26-15(19(29)25-12-17(27)28)5-3-7-21-20-22-8-9-23-20/h2,4,6,8-9,13,15,24,26H,3,5,7,10-12H2,1H3,(H,25,29)(H,27,28)(H2,21,22,23)/t13?,15-/m0/s1. The average molecular weight is 465 g/mol. The molecule has 1 aliphatic rings. The van der Waals surface area contributed by atoms with Gasteiger partial charge in [0, 0.05) is 25.5 Å². The molecule has 12 heteroatoms. The van der Waals surface area contributed by atoms with Crippen LogP contribution < -0.4 is 20.7 Å². The molecular weight excluding hydrogens is 436 g/mol. The fraction of sp³-hybridized carbons (Fsp3) is 0.450. The van der Waals surface area contributed by atoms with Crippen LogP contribution in [0.15, 0.2) is 35.5 Å². The van der Waals surface area contributed by atoms with Crippen molar-refractivity contribution >= 4 is 33.5 Å². The SMILES string of the molecule is CC1CNc2c(cccc2S(=O)(=O)N[C@@H](CCCNc2ncc[nH]2)C(=O)NCC(=O)O)C1. The second-order valence-corrected chi connectivity index (χ2v) is 9.46. The number of nitrogens with zero attached hydrogens (tertiary/aromatic N) is 1. The molecule has 1 aliphatic heterocycles. The van der Waals surface area contributed by atoms with Crippen LogP contribution in [0.2, 0.25) is 0 Å². The largest absolute Gasteiger partial charge is 0.480 e. The minimum atomic E-state index is -4.04. The number of sulfonamides is 1. The van der Waals surface area contributed by atoms with Crippen molar-refractivity contribution in [3.8, 4) is 0 Å². The van der Waals surface area contributed by atoms with Crippen molar-refractivity contribution in [3.05, 3.63) is 36.2 Å². The van der Waals surface area contributed by atoms with Crippen LogP contribution in [0.25, 0.3) is 0 Å². The number of anilines is 2. The fourth-order valence-corrected chi connectivity index (χ4v) is 5.01. The average Bonchev–Trinajstić information content (AvgIpc) is 3.27. The summed E-state index contributed by atoms with van der Waals surface area (Å²) in [4.78, 5) is 30.4. The number of carbonyl (C=O) groups excluding carboxylic acids is 1. The number of para-hydroxylation sites is 1. The number of fused-ring (bicyclic) bond motifs is 1. The summed E-state index contributed by atoms with van der Waals surface area (Å²) >= 11 is 0. The van der Waals surface area contributed by atoms with E-state index in [1.165, 1.54) is 6.07 Å². The van der Waals surface area contributed by atoms with Crippen LogP contribution in [0.1, 0.15) is 25.3 Å². The maximum absolute atomic E-state index is 13.2. The van der Waals surface area contributed by atoms with Crippen molar-refractivity contribution in [2.24, 2.45) is 5.92 Å². The first-order valence-electron chi connectivity index (χ1n) is 10.4. The number of carboxylic acids is 1. The zero-order chi connectivity index (χ0) is 23.1. The van der Waals surface area contributed by atoms with E-state index in [0.717, 1.165) is 12.0 Å². The number of aliphatic carboxylic acids is 1. The zero-order valence-corrected chi connectivity index (χ0v) is 18.5. The molecule has 1 amide bonds. The predicted molar refractivity (Wildman–Crippen MR) is 119 cm³/mol. The number of nitrogens with one attached hydrogen (secondary N) is 5. The van der Waals surface area contributed by atoms with Gasteiger partial charge in [0.1, 0.15) is 17.5 Å². The van der Waals surface area contributed by atoms with E-state index in [-0.39, 0.29) is 11.3 Å². The molecule has 11 nitrogen and oxygen atoms in total. The van der Waals surface area contributed by atoms with Crippen molar-refractivity contribution in [1.29, 1.82) is 0 Å². The highest BCUT2D eigenvalue weighted by Gasteiger charge is 2.29. The van der Waals surface area contributed by atoms with Gasteiger partial charge in [-0.25, -0.2) is 13.4 Å². The molecule has 6 N–H and O–H groups in total. The lowest BCUT2D eigenvalue weighted by Gasteiger charge is -2.26. The second kappa shape index (κ2) is 10.5. The molecule has 0 spiro atoms. The van der Waals surface area contributed by atoms with Gasteiger partial charge in [-0.1, -0.05) is 19.1 Å². The molecule has 0 fully saturated rings. The monoisotopic (exact) mass is 464 g/mol. The van der Waals surface area contributed by atoms with E-state index in [4.69, 9.17) is 5.11 Å². The number of aromatic nitrogens is 2. The topological polar surface area (TPSA) is 165 Å². The molecule has 0 saturated carbocycles. The van der Waals surface area contributed by atoms with Gasteiger partial charge in [0.05, 0.1) is 5.69 Å². The maximum atomic E-state index is 13.2. The number of carboxylic acid groups (broad SMARTS) is 1. The van der Waals surface area contributed by atoms with E-state index in [0.29, 0.717) is 37.1 Å². The summed E-state index contributed by atoms with van der Waals surface area (Å²) in [5.74, 6) is -0.964. The lowest BCUT2D eigenvalue weighted by molar-refractivity contribution is -0.138. The third kappa shape index (κ3) is 6.20. The Morgan fingerprint density at radius 2 is 2.16 bits per heavy atom. The van der Waals surface area contributed by atoms with E-state index in [1.807, 2.05) is 6.07 Å². The predicted octanol–water partition coefficient (Wildman–Crippen LogP) is 0.754. The minimum absolute atomic E-state index is 0.0756. The molecule has 3 rings (SSSR count). The number of imidazole rings is 1. The molecule has 1 unspecified atom stereocenters. The normalized spacial score (nSPS) is 16.5. The highest BCUT2D eigenvalue weighted by molar-refractivity contribution is 7.89. The van der Waals surface area contributed by atoms with Gasteiger partial charge in [0.15, 0.2) is 5.95 Å². The van der Waals surface area contributed by atoms with Gasteiger partial charge in [0.25, 0.3) is 0 Å². The molecule has 174 valence electrons. The Kier molecular flexibility index (Phi) is 7.70. The molecule has 0 bridgehead atoms. The van der Waals surface area contributed by atoms with Crippen LogP contribution in [0.5, 0.6) is 0 Å². The van der Waals surface area contributed by atoms with E-state index in [2.05, 4.69) is 37.6 Å². The highest BCUT2D eigenvalue weighted by Crippen LogP contribution is 2.31. The Hall–Kier alpha value is -3.12. The smallest absolute Gasteiger partial charge is 0.322 e.